The number of hydrogen-bond acceptors (Lipinski definition) is 2. The molecular weight excluding hydrogens is 261 g/mol. The van der Waals surface area contributed by atoms with Gasteiger partial charge in [-0.05, 0) is 36.8 Å². The van der Waals surface area contributed by atoms with E-state index in [1.165, 1.54) is 11.3 Å². The van der Waals surface area contributed by atoms with Crippen LogP contribution in [0.5, 0.6) is 0 Å². The van der Waals surface area contributed by atoms with Gasteiger partial charge >= 0.3 is 6.18 Å². The predicted molar refractivity (Wildman–Crippen MR) is 65.5 cm³/mol. The molecule has 18 heavy (non-hydrogen) atoms. The van der Waals surface area contributed by atoms with Gasteiger partial charge in [-0.15, -0.1) is 11.3 Å². The molecular formula is C13H17F3OS. The number of aliphatic hydroxyl groups excluding tert-OH is 1. The Bertz CT molecular complexity index is 399. The van der Waals surface area contributed by atoms with Crippen molar-refractivity contribution in [3.8, 4) is 0 Å². The van der Waals surface area contributed by atoms with Crippen LogP contribution in [0.3, 0.4) is 0 Å². The van der Waals surface area contributed by atoms with Crippen LogP contribution in [-0.2, 0) is 0 Å². The Morgan fingerprint density at radius 3 is 2.56 bits per heavy atom. The van der Waals surface area contributed by atoms with Crippen LogP contribution >= 0.6 is 11.3 Å². The third-order valence-electron chi connectivity index (χ3n) is 3.82. The molecule has 102 valence electrons. The predicted octanol–water partition coefficient (Wildman–Crippen LogP) is 4.46. The zero-order chi connectivity index (χ0) is 13.3. The van der Waals surface area contributed by atoms with Crippen LogP contribution in [0.4, 0.5) is 13.2 Å². The summed E-state index contributed by atoms with van der Waals surface area (Å²) in [5.41, 5.74) is 0.888. The zero-order valence-corrected chi connectivity index (χ0v) is 11.0. The average molecular weight is 278 g/mol. The molecule has 1 heterocycles. The van der Waals surface area contributed by atoms with Crippen molar-refractivity contribution in [2.24, 2.45) is 11.8 Å². The van der Waals surface area contributed by atoms with Gasteiger partial charge in [0.1, 0.15) is 0 Å². The number of hydrogen-bond donors (Lipinski definition) is 1. The minimum Gasteiger partial charge on any atom is -0.387 e. The monoisotopic (exact) mass is 278 g/mol. The highest BCUT2D eigenvalue weighted by Crippen LogP contribution is 2.47. The molecule has 0 bridgehead atoms. The smallest absolute Gasteiger partial charge is 0.387 e. The first kappa shape index (κ1) is 13.9. The lowest BCUT2D eigenvalue weighted by atomic mass is 9.75. The number of alkyl halides is 3. The van der Waals surface area contributed by atoms with Crippen molar-refractivity contribution in [2.45, 2.75) is 44.9 Å². The summed E-state index contributed by atoms with van der Waals surface area (Å²) in [6.07, 6.45) is -3.18. The molecule has 3 unspecified atom stereocenters. The Balaban J connectivity index is 2.22. The van der Waals surface area contributed by atoms with Crippen LogP contribution in [0.1, 0.15) is 42.2 Å². The van der Waals surface area contributed by atoms with Gasteiger partial charge < -0.3 is 5.11 Å². The summed E-state index contributed by atoms with van der Waals surface area (Å²) in [6.45, 7) is 1.83. The quantitative estimate of drug-likeness (QED) is 0.847. The normalized spacial score (nSPS) is 27.2. The van der Waals surface area contributed by atoms with E-state index in [2.05, 4.69) is 0 Å². The van der Waals surface area contributed by atoms with Gasteiger partial charge in [0, 0.05) is 10.8 Å². The van der Waals surface area contributed by atoms with Gasteiger partial charge in [0.05, 0.1) is 12.0 Å². The highest BCUT2D eigenvalue weighted by atomic mass is 32.1. The number of rotatable bonds is 2. The highest BCUT2D eigenvalue weighted by Gasteiger charge is 2.48. The van der Waals surface area contributed by atoms with E-state index < -0.39 is 24.1 Å². The van der Waals surface area contributed by atoms with Gasteiger partial charge in [0.25, 0.3) is 0 Å². The minimum atomic E-state index is -4.20. The van der Waals surface area contributed by atoms with Crippen molar-refractivity contribution in [2.75, 3.05) is 0 Å². The summed E-state index contributed by atoms with van der Waals surface area (Å²) >= 11 is 1.35. The molecule has 1 nitrogen and oxygen atoms in total. The molecule has 1 aliphatic carbocycles. The molecule has 0 saturated heterocycles. The molecule has 1 saturated carbocycles. The van der Waals surface area contributed by atoms with E-state index in [4.69, 9.17) is 0 Å². The van der Waals surface area contributed by atoms with Crippen molar-refractivity contribution < 1.29 is 18.3 Å². The van der Waals surface area contributed by atoms with Crippen molar-refractivity contribution in [3.63, 3.8) is 0 Å². The average Bonchev–Trinajstić information content (AvgIpc) is 2.73. The third-order valence-corrected chi connectivity index (χ3v) is 4.91. The Morgan fingerprint density at radius 2 is 2.00 bits per heavy atom. The number of aryl methyl sites for hydroxylation is 1. The molecule has 3 atom stereocenters. The largest absolute Gasteiger partial charge is 0.392 e. The maximum atomic E-state index is 13.0. The summed E-state index contributed by atoms with van der Waals surface area (Å²) in [7, 11) is 0. The summed E-state index contributed by atoms with van der Waals surface area (Å²) in [6, 6.07) is 1.84. The lowest BCUT2D eigenvalue weighted by molar-refractivity contribution is -0.207. The summed E-state index contributed by atoms with van der Waals surface area (Å²) in [5.74, 6) is -2.04. The standard InChI is InChI=1S/C13H17F3OS/c1-8-6-7-18-12(8)11(17)9-4-2-3-5-10(9)13(14,15)16/h6-7,9-11,17H,2-5H2,1H3. The Morgan fingerprint density at radius 1 is 1.33 bits per heavy atom. The molecule has 0 radical (unpaired) electrons. The van der Waals surface area contributed by atoms with Crippen molar-refractivity contribution in [1.29, 1.82) is 0 Å². The number of aliphatic hydroxyl groups is 1. The fraction of sp³-hybridized carbons (Fsp3) is 0.692. The molecule has 1 aliphatic rings. The van der Waals surface area contributed by atoms with Crippen LogP contribution in [-0.4, -0.2) is 11.3 Å². The first-order chi connectivity index (χ1) is 8.41. The fourth-order valence-electron chi connectivity index (χ4n) is 2.83. The van der Waals surface area contributed by atoms with Crippen LogP contribution in [0, 0.1) is 18.8 Å². The maximum Gasteiger partial charge on any atom is 0.392 e. The summed E-state index contributed by atoms with van der Waals surface area (Å²) in [4.78, 5) is 0.691. The van der Waals surface area contributed by atoms with Crippen LogP contribution in [0.2, 0.25) is 0 Å². The van der Waals surface area contributed by atoms with Crippen molar-refractivity contribution in [3.05, 3.63) is 21.9 Å². The third kappa shape index (κ3) is 2.72. The lowest BCUT2D eigenvalue weighted by Gasteiger charge is -2.35. The Kier molecular flexibility index (Phi) is 4.02. The fourth-order valence-corrected chi connectivity index (χ4v) is 3.81. The Hall–Kier alpha value is -0.550. The van der Waals surface area contributed by atoms with E-state index in [0.29, 0.717) is 17.7 Å². The van der Waals surface area contributed by atoms with Gasteiger partial charge in [-0.2, -0.15) is 13.2 Å². The topological polar surface area (TPSA) is 20.2 Å². The van der Waals surface area contributed by atoms with E-state index in [9.17, 15) is 18.3 Å². The number of halogens is 3. The molecule has 1 aromatic heterocycles. The van der Waals surface area contributed by atoms with E-state index in [1.54, 1.807) is 0 Å². The minimum absolute atomic E-state index is 0.148. The highest BCUT2D eigenvalue weighted by molar-refractivity contribution is 7.10. The molecule has 0 aliphatic heterocycles. The SMILES string of the molecule is Cc1ccsc1C(O)C1CCCCC1C(F)(F)F. The molecule has 0 aromatic carbocycles. The van der Waals surface area contributed by atoms with Crippen LogP contribution < -0.4 is 0 Å². The molecule has 5 heteroatoms. The lowest BCUT2D eigenvalue weighted by Crippen LogP contribution is -2.36. The van der Waals surface area contributed by atoms with Crippen molar-refractivity contribution >= 4 is 11.3 Å². The molecule has 1 N–H and O–H groups in total. The van der Waals surface area contributed by atoms with Gasteiger partial charge in [-0.3, -0.25) is 0 Å². The van der Waals surface area contributed by atoms with Gasteiger partial charge in [-0.25, -0.2) is 0 Å². The maximum absolute atomic E-state index is 13.0. The van der Waals surface area contributed by atoms with E-state index in [-0.39, 0.29) is 6.42 Å². The van der Waals surface area contributed by atoms with E-state index >= 15 is 0 Å². The molecule has 1 fully saturated rings. The van der Waals surface area contributed by atoms with Gasteiger partial charge in [0.15, 0.2) is 0 Å². The first-order valence-electron chi connectivity index (χ1n) is 6.20. The van der Waals surface area contributed by atoms with E-state index in [1.807, 2.05) is 18.4 Å². The second-order valence-electron chi connectivity index (χ2n) is 5.01. The second-order valence-corrected chi connectivity index (χ2v) is 5.96. The molecule has 0 spiro atoms. The van der Waals surface area contributed by atoms with Crippen LogP contribution in [0.25, 0.3) is 0 Å². The molecule has 1 aromatic rings. The summed E-state index contributed by atoms with van der Waals surface area (Å²) in [5, 5.41) is 12.1. The zero-order valence-electron chi connectivity index (χ0n) is 10.2. The Labute approximate surface area is 109 Å². The molecule has 0 amide bonds. The van der Waals surface area contributed by atoms with Gasteiger partial charge in [-0.1, -0.05) is 12.8 Å². The molecule has 2 rings (SSSR count). The second kappa shape index (κ2) is 5.21. The number of thiophene rings is 1. The van der Waals surface area contributed by atoms with Gasteiger partial charge in [0.2, 0.25) is 0 Å². The van der Waals surface area contributed by atoms with E-state index in [0.717, 1.165) is 12.0 Å². The van der Waals surface area contributed by atoms with Crippen molar-refractivity contribution in [1.82, 2.24) is 0 Å². The first-order valence-corrected chi connectivity index (χ1v) is 7.08. The van der Waals surface area contributed by atoms with Crippen LogP contribution in [0.15, 0.2) is 11.4 Å². The summed E-state index contributed by atoms with van der Waals surface area (Å²) < 4.78 is 39.0.